The van der Waals surface area contributed by atoms with E-state index < -0.39 is 6.10 Å². The van der Waals surface area contributed by atoms with Crippen molar-refractivity contribution in [2.24, 2.45) is 0 Å². The summed E-state index contributed by atoms with van der Waals surface area (Å²) >= 11 is 0. The van der Waals surface area contributed by atoms with E-state index in [1.165, 1.54) is 0 Å². The van der Waals surface area contributed by atoms with Crippen molar-refractivity contribution in [1.29, 1.82) is 0 Å². The standard InChI is InChI=1S/C17H27NO4/c1-13-8-18(9-14(2)22-13)10-16(19)12-21-11-15-4-6-17(20-3)7-5-15/h4-7,13-14,16,19H,8-12H2,1-3H3/t13-,14+,16-/m1/s1. The van der Waals surface area contributed by atoms with E-state index in [1.54, 1.807) is 7.11 Å². The number of β-amino-alcohol motifs (C(OH)–C–C–N with tert-alkyl or cyclic N) is 1. The molecule has 3 atom stereocenters. The molecule has 2 rings (SSSR count). The summed E-state index contributed by atoms with van der Waals surface area (Å²) < 4.78 is 16.4. The first-order valence-corrected chi connectivity index (χ1v) is 7.83. The second-order valence-electron chi connectivity index (χ2n) is 5.99. The smallest absolute Gasteiger partial charge is 0.118 e. The Bertz CT molecular complexity index is 427. The molecule has 0 amide bonds. The SMILES string of the molecule is COc1ccc(COC[C@H](O)CN2C[C@@H](C)O[C@@H](C)C2)cc1. The molecule has 0 spiro atoms. The van der Waals surface area contributed by atoms with E-state index in [2.05, 4.69) is 18.7 Å². The van der Waals surface area contributed by atoms with Crippen LogP contribution in [0.2, 0.25) is 0 Å². The Morgan fingerprint density at radius 2 is 1.86 bits per heavy atom. The van der Waals surface area contributed by atoms with Crippen molar-refractivity contribution in [3.8, 4) is 5.75 Å². The van der Waals surface area contributed by atoms with Gasteiger partial charge in [-0.25, -0.2) is 0 Å². The number of benzene rings is 1. The highest BCUT2D eigenvalue weighted by atomic mass is 16.5. The fraction of sp³-hybridized carbons (Fsp3) is 0.647. The van der Waals surface area contributed by atoms with Crippen LogP contribution in [0.4, 0.5) is 0 Å². The summed E-state index contributed by atoms with van der Waals surface area (Å²) in [6.45, 7) is 7.31. The zero-order valence-corrected chi connectivity index (χ0v) is 13.7. The van der Waals surface area contributed by atoms with E-state index in [4.69, 9.17) is 14.2 Å². The molecule has 1 saturated heterocycles. The normalized spacial score (nSPS) is 24.2. The average molecular weight is 309 g/mol. The molecule has 1 aromatic rings. The van der Waals surface area contributed by atoms with E-state index in [0.29, 0.717) is 19.8 Å². The highest BCUT2D eigenvalue weighted by Gasteiger charge is 2.23. The highest BCUT2D eigenvalue weighted by molar-refractivity contribution is 5.26. The van der Waals surface area contributed by atoms with Gasteiger partial charge >= 0.3 is 0 Å². The van der Waals surface area contributed by atoms with Gasteiger partial charge in [0.25, 0.3) is 0 Å². The van der Waals surface area contributed by atoms with Crippen LogP contribution in [0.5, 0.6) is 5.75 Å². The van der Waals surface area contributed by atoms with Crippen molar-refractivity contribution in [3.05, 3.63) is 29.8 Å². The van der Waals surface area contributed by atoms with Gasteiger partial charge in [0.15, 0.2) is 0 Å². The van der Waals surface area contributed by atoms with Gasteiger partial charge in [-0.3, -0.25) is 4.90 Å². The number of aliphatic hydroxyl groups excluding tert-OH is 1. The van der Waals surface area contributed by atoms with Gasteiger partial charge in [0.1, 0.15) is 5.75 Å². The summed E-state index contributed by atoms with van der Waals surface area (Å²) in [6.07, 6.45) is -0.0388. The van der Waals surface area contributed by atoms with Gasteiger partial charge in [-0.05, 0) is 31.5 Å². The van der Waals surface area contributed by atoms with Gasteiger partial charge in [0, 0.05) is 19.6 Å². The third-order valence-electron chi connectivity index (χ3n) is 3.70. The number of rotatable bonds is 7. The molecule has 5 nitrogen and oxygen atoms in total. The second kappa shape index (κ2) is 8.48. The monoisotopic (exact) mass is 309 g/mol. The molecule has 0 bridgehead atoms. The van der Waals surface area contributed by atoms with Gasteiger partial charge in [0.2, 0.25) is 0 Å². The summed E-state index contributed by atoms with van der Waals surface area (Å²) in [5.74, 6) is 0.833. The number of hydrogen-bond acceptors (Lipinski definition) is 5. The van der Waals surface area contributed by atoms with Gasteiger partial charge in [-0.2, -0.15) is 0 Å². The molecule has 0 aromatic heterocycles. The fourth-order valence-corrected chi connectivity index (χ4v) is 2.82. The van der Waals surface area contributed by atoms with Crippen molar-refractivity contribution < 1.29 is 19.3 Å². The Morgan fingerprint density at radius 1 is 1.23 bits per heavy atom. The molecular formula is C17H27NO4. The van der Waals surface area contributed by atoms with E-state index in [0.717, 1.165) is 24.4 Å². The third kappa shape index (κ3) is 5.57. The Hall–Kier alpha value is -1.14. The number of hydrogen-bond donors (Lipinski definition) is 1. The van der Waals surface area contributed by atoms with Gasteiger partial charge in [-0.1, -0.05) is 12.1 Å². The maximum Gasteiger partial charge on any atom is 0.118 e. The molecule has 0 saturated carbocycles. The second-order valence-corrected chi connectivity index (χ2v) is 5.99. The van der Waals surface area contributed by atoms with Crippen LogP contribution >= 0.6 is 0 Å². The van der Waals surface area contributed by atoms with E-state index in [1.807, 2.05) is 24.3 Å². The van der Waals surface area contributed by atoms with E-state index in [9.17, 15) is 5.11 Å². The maximum absolute atomic E-state index is 10.1. The molecule has 1 fully saturated rings. The van der Waals surface area contributed by atoms with Crippen molar-refractivity contribution >= 4 is 0 Å². The lowest BCUT2D eigenvalue weighted by molar-refractivity contribution is -0.0826. The first-order chi connectivity index (χ1) is 10.6. The largest absolute Gasteiger partial charge is 0.497 e. The third-order valence-corrected chi connectivity index (χ3v) is 3.70. The molecule has 22 heavy (non-hydrogen) atoms. The Labute approximate surface area is 132 Å². The first-order valence-electron chi connectivity index (χ1n) is 7.83. The first kappa shape index (κ1) is 17.2. The van der Waals surface area contributed by atoms with Crippen molar-refractivity contribution in [3.63, 3.8) is 0 Å². The number of ether oxygens (including phenoxy) is 3. The minimum atomic E-state index is -0.476. The lowest BCUT2D eigenvalue weighted by Crippen LogP contribution is -2.48. The number of nitrogens with zero attached hydrogens (tertiary/aromatic N) is 1. The predicted molar refractivity (Wildman–Crippen MR) is 85.1 cm³/mol. The summed E-state index contributed by atoms with van der Waals surface area (Å²) in [5.41, 5.74) is 1.07. The molecule has 124 valence electrons. The van der Waals surface area contributed by atoms with Gasteiger partial charge < -0.3 is 19.3 Å². The lowest BCUT2D eigenvalue weighted by Gasteiger charge is -2.36. The molecule has 1 N–H and O–H groups in total. The minimum Gasteiger partial charge on any atom is -0.497 e. The summed E-state index contributed by atoms with van der Waals surface area (Å²) in [6, 6.07) is 7.75. The van der Waals surface area contributed by atoms with Crippen LogP contribution < -0.4 is 4.74 Å². The molecule has 1 aromatic carbocycles. The van der Waals surface area contributed by atoms with Crippen molar-refractivity contribution in [2.75, 3.05) is 33.4 Å². The maximum atomic E-state index is 10.1. The molecule has 0 unspecified atom stereocenters. The lowest BCUT2D eigenvalue weighted by atomic mass is 10.2. The van der Waals surface area contributed by atoms with E-state index in [-0.39, 0.29) is 12.2 Å². The highest BCUT2D eigenvalue weighted by Crippen LogP contribution is 2.13. The Kier molecular flexibility index (Phi) is 6.64. The van der Waals surface area contributed by atoms with Crippen LogP contribution in [0.3, 0.4) is 0 Å². The molecule has 1 heterocycles. The van der Waals surface area contributed by atoms with Crippen LogP contribution in [-0.4, -0.2) is 61.7 Å². The molecule has 1 aliphatic heterocycles. The predicted octanol–water partition coefficient (Wildman–Crippen LogP) is 1.68. The van der Waals surface area contributed by atoms with Crippen LogP contribution in [-0.2, 0) is 16.1 Å². The number of aliphatic hydroxyl groups is 1. The molecular weight excluding hydrogens is 282 g/mol. The quantitative estimate of drug-likeness (QED) is 0.830. The zero-order valence-electron chi connectivity index (χ0n) is 13.7. The number of morpholine rings is 1. The Morgan fingerprint density at radius 3 is 2.45 bits per heavy atom. The summed E-state index contributed by atoms with van der Waals surface area (Å²) in [5, 5.41) is 10.1. The Balaban J connectivity index is 1.67. The molecule has 0 radical (unpaired) electrons. The summed E-state index contributed by atoms with van der Waals surface area (Å²) in [4.78, 5) is 2.24. The molecule has 5 heteroatoms. The van der Waals surface area contributed by atoms with Gasteiger partial charge in [-0.15, -0.1) is 0 Å². The topological polar surface area (TPSA) is 51.2 Å². The molecule has 1 aliphatic rings. The van der Waals surface area contributed by atoms with Crippen LogP contribution in [0.25, 0.3) is 0 Å². The minimum absolute atomic E-state index is 0.219. The van der Waals surface area contributed by atoms with Crippen molar-refractivity contribution in [2.45, 2.75) is 38.8 Å². The van der Waals surface area contributed by atoms with Crippen molar-refractivity contribution in [1.82, 2.24) is 4.90 Å². The van der Waals surface area contributed by atoms with Crippen LogP contribution in [0, 0.1) is 0 Å². The number of methoxy groups -OCH3 is 1. The fourth-order valence-electron chi connectivity index (χ4n) is 2.82. The average Bonchev–Trinajstić information content (AvgIpc) is 2.47. The summed E-state index contributed by atoms with van der Waals surface area (Å²) in [7, 11) is 1.65. The zero-order chi connectivity index (χ0) is 15.9. The molecule has 0 aliphatic carbocycles. The van der Waals surface area contributed by atoms with Crippen LogP contribution in [0.1, 0.15) is 19.4 Å². The van der Waals surface area contributed by atoms with E-state index >= 15 is 0 Å². The van der Waals surface area contributed by atoms with Crippen LogP contribution in [0.15, 0.2) is 24.3 Å². The van der Waals surface area contributed by atoms with Gasteiger partial charge in [0.05, 0.1) is 38.6 Å².